The normalized spacial score (nSPS) is 11.1. The highest BCUT2D eigenvalue weighted by Gasteiger charge is 2.35. The van der Waals surface area contributed by atoms with E-state index in [0.717, 1.165) is 0 Å². The van der Waals surface area contributed by atoms with Crippen molar-refractivity contribution in [2.45, 2.75) is 6.18 Å². The number of rotatable bonds is 0. The minimum absolute atomic E-state index is 0.558. The number of H-pyrrole nitrogens is 1. The second kappa shape index (κ2) is 2.27. The number of aromatic amines is 1. The fourth-order valence-electron chi connectivity index (χ4n) is 0.586. The molecule has 0 aliphatic carbocycles. The summed E-state index contributed by atoms with van der Waals surface area (Å²) in [7, 11) is 0. The van der Waals surface area contributed by atoms with Gasteiger partial charge in [0.1, 0.15) is 17.3 Å². The third-order valence-corrected chi connectivity index (χ3v) is 1.06. The smallest absolute Gasteiger partial charge is 0.267 e. The molecule has 1 heterocycles. The quantitative estimate of drug-likeness (QED) is 0.623. The largest absolute Gasteiger partial charge is 0.420 e. The van der Waals surface area contributed by atoms with Crippen molar-refractivity contribution in [1.82, 2.24) is 10.2 Å². The van der Waals surface area contributed by atoms with Gasteiger partial charge in [0, 0.05) is 0 Å². The molecule has 6 heteroatoms. The van der Waals surface area contributed by atoms with Crippen LogP contribution in [0.4, 0.5) is 13.2 Å². The first kappa shape index (κ1) is 7.60. The highest BCUT2D eigenvalue weighted by molar-refractivity contribution is 5.30. The molecule has 0 bridgehead atoms. The molecule has 0 unspecified atom stereocenters. The molecule has 58 valence electrons. The van der Waals surface area contributed by atoms with Gasteiger partial charge in [0.15, 0.2) is 0 Å². The first-order valence-corrected chi connectivity index (χ1v) is 2.56. The van der Waals surface area contributed by atoms with Gasteiger partial charge in [-0.25, -0.2) is 0 Å². The summed E-state index contributed by atoms with van der Waals surface area (Å²) >= 11 is 0. The fourth-order valence-corrected chi connectivity index (χ4v) is 0.586. The Labute approximate surface area is 59.4 Å². The van der Waals surface area contributed by atoms with Gasteiger partial charge in [0.2, 0.25) is 0 Å². The number of aromatic nitrogens is 2. The van der Waals surface area contributed by atoms with E-state index in [2.05, 4.69) is 5.10 Å². The van der Waals surface area contributed by atoms with Crippen molar-refractivity contribution in [1.29, 1.82) is 5.26 Å². The summed E-state index contributed by atoms with van der Waals surface area (Å²) in [6.07, 6.45) is -3.92. The fraction of sp³-hybridized carbons (Fsp3) is 0.200. The topological polar surface area (TPSA) is 52.5 Å². The molecule has 3 nitrogen and oxygen atoms in total. The number of nitrogens with one attached hydrogen (secondary N) is 1. The molecule has 0 aliphatic rings. The van der Waals surface area contributed by atoms with Gasteiger partial charge >= 0.3 is 6.18 Å². The lowest BCUT2D eigenvalue weighted by Gasteiger charge is -2.00. The molecule has 0 atom stereocenters. The number of nitriles is 1. The summed E-state index contributed by atoms with van der Waals surface area (Å²) in [6, 6.07) is 1.34. The van der Waals surface area contributed by atoms with E-state index >= 15 is 0 Å². The molecule has 0 aromatic carbocycles. The first-order chi connectivity index (χ1) is 5.05. The molecule has 11 heavy (non-hydrogen) atoms. The van der Waals surface area contributed by atoms with Crippen LogP contribution in [-0.4, -0.2) is 10.2 Å². The van der Waals surface area contributed by atoms with Crippen LogP contribution >= 0.6 is 0 Å². The van der Waals surface area contributed by atoms with E-state index in [0.29, 0.717) is 6.20 Å². The predicted molar refractivity (Wildman–Crippen MR) is 28.3 cm³/mol. The molecule has 1 N–H and O–H groups in total. The lowest BCUT2D eigenvalue weighted by atomic mass is 10.2. The molecule has 1 rings (SSSR count). The van der Waals surface area contributed by atoms with Crippen LogP contribution in [0.1, 0.15) is 11.3 Å². The monoisotopic (exact) mass is 161 g/mol. The summed E-state index contributed by atoms with van der Waals surface area (Å²) in [5.74, 6) is 0. The van der Waals surface area contributed by atoms with Gasteiger partial charge in [-0.15, -0.1) is 0 Å². The molecular formula is C5H2F3N3. The van der Waals surface area contributed by atoms with E-state index in [9.17, 15) is 13.2 Å². The van der Waals surface area contributed by atoms with Gasteiger partial charge in [-0.05, 0) is 0 Å². The summed E-state index contributed by atoms with van der Waals surface area (Å²) in [5, 5.41) is 13.2. The zero-order valence-corrected chi connectivity index (χ0v) is 5.11. The van der Waals surface area contributed by atoms with E-state index in [1.54, 1.807) is 0 Å². The maximum absolute atomic E-state index is 11.9. The molecule has 0 spiro atoms. The summed E-state index contributed by atoms with van der Waals surface area (Å²) in [6.45, 7) is 0. The molecule has 0 aliphatic heterocycles. The van der Waals surface area contributed by atoms with Crippen molar-refractivity contribution in [3.8, 4) is 6.07 Å². The number of hydrogen-bond donors (Lipinski definition) is 1. The Morgan fingerprint density at radius 1 is 1.55 bits per heavy atom. The van der Waals surface area contributed by atoms with Crippen LogP contribution in [-0.2, 0) is 6.18 Å². The van der Waals surface area contributed by atoms with Crippen LogP contribution < -0.4 is 0 Å². The molecule has 1 aromatic heterocycles. The van der Waals surface area contributed by atoms with Gasteiger partial charge in [-0.3, -0.25) is 5.10 Å². The Morgan fingerprint density at radius 2 is 2.18 bits per heavy atom. The lowest BCUT2D eigenvalue weighted by Crippen LogP contribution is -2.05. The Kier molecular flexibility index (Phi) is 1.57. The molecular weight excluding hydrogens is 159 g/mol. The van der Waals surface area contributed by atoms with Crippen LogP contribution in [0.5, 0.6) is 0 Å². The van der Waals surface area contributed by atoms with E-state index in [-0.39, 0.29) is 0 Å². The first-order valence-electron chi connectivity index (χ1n) is 2.56. The zero-order valence-electron chi connectivity index (χ0n) is 5.11. The van der Waals surface area contributed by atoms with Crippen LogP contribution in [0.25, 0.3) is 0 Å². The number of hydrogen-bond acceptors (Lipinski definition) is 2. The van der Waals surface area contributed by atoms with Gasteiger partial charge in [-0.2, -0.15) is 23.5 Å². The van der Waals surface area contributed by atoms with Crippen LogP contribution in [0.15, 0.2) is 6.20 Å². The Balaban J connectivity index is 3.15. The van der Waals surface area contributed by atoms with Crippen molar-refractivity contribution in [3.05, 3.63) is 17.5 Å². The predicted octanol–water partition coefficient (Wildman–Crippen LogP) is 1.30. The van der Waals surface area contributed by atoms with Crippen molar-refractivity contribution in [2.24, 2.45) is 0 Å². The average Bonchev–Trinajstić information content (AvgIpc) is 2.31. The van der Waals surface area contributed by atoms with Crippen molar-refractivity contribution >= 4 is 0 Å². The highest BCUT2D eigenvalue weighted by Crippen LogP contribution is 2.30. The third-order valence-electron chi connectivity index (χ3n) is 1.06. The minimum atomic E-state index is -4.50. The average molecular weight is 161 g/mol. The van der Waals surface area contributed by atoms with Crippen molar-refractivity contribution < 1.29 is 13.2 Å². The van der Waals surface area contributed by atoms with Crippen LogP contribution in [0.3, 0.4) is 0 Å². The van der Waals surface area contributed by atoms with Crippen LogP contribution in [0, 0.1) is 11.3 Å². The summed E-state index contributed by atoms with van der Waals surface area (Å²) in [4.78, 5) is 0. The van der Waals surface area contributed by atoms with E-state index in [1.165, 1.54) is 6.07 Å². The highest BCUT2D eigenvalue weighted by atomic mass is 19.4. The summed E-state index contributed by atoms with van der Waals surface area (Å²) in [5.41, 5.74) is -1.59. The maximum Gasteiger partial charge on any atom is 0.420 e. The third kappa shape index (κ3) is 1.32. The zero-order chi connectivity index (χ0) is 8.48. The number of nitrogens with zero attached hydrogens (tertiary/aromatic N) is 2. The second-order valence-corrected chi connectivity index (χ2v) is 1.77. The van der Waals surface area contributed by atoms with E-state index in [4.69, 9.17) is 5.26 Å². The SMILES string of the molecule is N#Cc1[nH]ncc1C(F)(F)F. The Bertz CT molecular complexity index is 293. The molecule has 1 aromatic rings. The standard InChI is InChI=1S/C5H2F3N3/c6-5(7,8)3-2-10-11-4(3)1-9/h2H,(H,10,11). The van der Waals surface area contributed by atoms with Gasteiger partial charge < -0.3 is 0 Å². The molecule has 0 amide bonds. The molecule has 0 fully saturated rings. The molecule has 0 saturated heterocycles. The molecule has 0 saturated carbocycles. The minimum Gasteiger partial charge on any atom is -0.267 e. The number of alkyl halides is 3. The van der Waals surface area contributed by atoms with E-state index in [1.807, 2.05) is 5.10 Å². The van der Waals surface area contributed by atoms with Gasteiger partial charge in [0.05, 0.1) is 6.20 Å². The van der Waals surface area contributed by atoms with Gasteiger partial charge in [-0.1, -0.05) is 0 Å². The van der Waals surface area contributed by atoms with Crippen molar-refractivity contribution in [2.75, 3.05) is 0 Å². The Morgan fingerprint density at radius 3 is 2.55 bits per heavy atom. The lowest BCUT2D eigenvalue weighted by molar-refractivity contribution is -0.137. The maximum atomic E-state index is 11.9. The number of halogens is 3. The molecule has 0 radical (unpaired) electrons. The van der Waals surface area contributed by atoms with E-state index < -0.39 is 17.4 Å². The second-order valence-electron chi connectivity index (χ2n) is 1.77. The van der Waals surface area contributed by atoms with Crippen molar-refractivity contribution in [3.63, 3.8) is 0 Å². The van der Waals surface area contributed by atoms with Gasteiger partial charge in [0.25, 0.3) is 0 Å². The van der Waals surface area contributed by atoms with Crippen LogP contribution in [0.2, 0.25) is 0 Å². The Hall–Kier alpha value is -1.51. The summed E-state index contributed by atoms with van der Waals surface area (Å²) < 4.78 is 35.6.